The molecular weight excluding hydrogens is 103 g/mol. The van der Waals surface area contributed by atoms with Crippen LogP contribution in [0.25, 0.3) is 0 Å². The maximum atomic E-state index is 9.94. The molecule has 0 atom stereocenters. The minimum atomic E-state index is -0.545. The lowest BCUT2D eigenvalue weighted by Crippen LogP contribution is -1.99. The Morgan fingerprint density at radius 1 is 2.33 bits per heavy atom. The van der Waals surface area contributed by atoms with Crippen LogP contribution in [0, 0.1) is 0 Å². The first-order chi connectivity index (χ1) is 3.31. The predicted octanol–water partition coefficient (Wildman–Crippen LogP) is 0.398. The maximum absolute atomic E-state index is 9.94. The van der Waals surface area contributed by atoms with E-state index in [1.807, 2.05) is 0 Å². The van der Waals surface area contributed by atoms with Gasteiger partial charge >= 0.3 is 5.97 Å². The molecule has 0 aliphatic carbocycles. The van der Waals surface area contributed by atoms with Crippen LogP contribution in [0.1, 0.15) is 1.37 Å². The second-order valence-electron chi connectivity index (χ2n) is 0.650. The van der Waals surface area contributed by atoms with Gasteiger partial charge in [-0.1, -0.05) is 0 Å². The van der Waals surface area contributed by atoms with Gasteiger partial charge < -0.3 is 4.74 Å². The first-order valence-electron chi connectivity index (χ1n) is 2.02. The summed E-state index contributed by atoms with van der Waals surface area (Å²) >= 11 is 4.97. The van der Waals surface area contributed by atoms with Crippen LogP contribution in [-0.2, 0) is 9.53 Å². The van der Waals surface area contributed by atoms with Crippen molar-refractivity contribution in [3.63, 3.8) is 0 Å². The molecule has 0 radical (unpaired) electrons. The zero-order valence-corrected chi connectivity index (χ0v) is 3.86. The molecule has 0 aromatic carbocycles. The predicted molar refractivity (Wildman–Crippen MR) is 22.7 cm³/mol. The minimum Gasteiger partial charge on any atom is -0.468 e. The number of alkyl halides is 1. The Balaban J connectivity index is 3.00. The van der Waals surface area contributed by atoms with Crippen molar-refractivity contribution in [3.8, 4) is 0 Å². The average molecular weight is 110 g/mol. The molecule has 0 heterocycles. The quantitative estimate of drug-likeness (QED) is 0.360. The van der Waals surface area contributed by atoms with Crippen molar-refractivity contribution >= 4 is 17.6 Å². The van der Waals surface area contributed by atoms with Crippen LogP contribution in [0.5, 0.6) is 0 Å². The second kappa shape index (κ2) is 2.97. The number of esters is 1. The fourth-order valence-electron chi connectivity index (χ4n) is 0.0386. The number of carbonyl (C=O) groups is 1. The van der Waals surface area contributed by atoms with E-state index in [0.717, 1.165) is 0 Å². The first kappa shape index (κ1) is 3.93. The highest BCUT2D eigenvalue weighted by Crippen LogP contribution is 1.75. The molecule has 36 valence electrons. The van der Waals surface area contributed by atoms with Crippen LogP contribution in [0.3, 0.4) is 0 Å². The third kappa shape index (κ3) is 2.03. The number of hydrogen-bond acceptors (Lipinski definition) is 2. The van der Waals surface area contributed by atoms with Gasteiger partial charge in [0.05, 0.1) is 8.46 Å². The number of carbonyl (C=O) groups excluding carboxylic acids is 1. The fourth-order valence-corrected chi connectivity index (χ4v) is 0.116. The summed E-state index contributed by atoms with van der Waals surface area (Å²) in [6.45, 7) is 0. The lowest BCUT2D eigenvalue weighted by atomic mass is 10.8. The summed E-state index contributed by atoms with van der Waals surface area (Å²) < 4.78 is 10.4. The van der Waals surface area contributed by atoms with Crippen LogP contribution < -0.4 is 0 Å². The van der Waals surface area contributed by atoms with Gasteiger partial charge in [0.15, 0.2) is 0 Å². The lowest BCUT2D eigenvalue weighted by Gasteiger charge is -1.85. The van der Waals surface area contributed by atoms with E-state index in [1.54, 1.807) is 0 Å². The monoisotopic (exact) mass is 109 g/mol. The van der Waals surface area contributed by atoms with Gasteiger partial charge in [-0.2, -0.15) is 0 Å². The van der Waals surface area contributed by atoms with Gasteiger partial charge in [0.25, 0.3) is 0 Å². The number of halogens is 1. The van der Waals surface area contributed by atoms with Crippen molar-refractivity contribution in [2.45, 2.75) is 0 Å². The third-order valence-corrected chi connectivity index (χ3v) is 0.488. The summed E-state index contributed by atoms with van der Waals surface area (Å²) in [6.07, 6.45) is 0. The standard InChI is InChI=1S/C3H5ClO2/c1-6-3(5)2-4/h2H2,1H3/i1D. The van der Waals surface area contributed by atoms with Crippen LogP contribution >= 0.6 is 11.6 Å². The molecule has 0 N–H and O–H groups in total. The average Bonchev–Trinajstić information content (AvgIpc) is 1.68. The van der Waals surface area contributed by atoms with E-state index in [9.17, 15) is 4.79 Å². The van der Waals surface area contributed by atoms with Gasteiger partial charge in [0.1, 0.15) is 5.88 Å². The molecule has 2 nitrogen and oxygen atoms in total. The summed E-state index contributed by atoms with van der Waals surface area (Å²) in [7, 11) is -0.342. The Hall–Kier alpha value is -0.240. The van der Waals surface area contributed by atoms with E-state index < -0.39 is 5.97 Å². The molecule has 0 fully saturated rings. The zero-order chi connectivity index (χ0) is 5.70. The molecule has 3 heteroatoms. The first-order valence-corrected chi connectivity index (χ1v) is 1.85. The van der Waals surface area contributed by atoms with Crippen molar-refractivity contribution in [1.82, 2.24) is 0 Å². The topological polar surface area (TPSA) is 26.3 Å². The molecule has 0 aliphatic heterocycles. The summed E-state index contributed by atoms with van der Waals surface area (Å²) in [6, 6.07) is 0. The van der Waals surface area contributed by atoms with Crippen molar-refractivity contribution in [2.24, 2.45) is 0 Å². The molecule has 0 rings (SSSR count). The molecule has 0 aliphatic rings. The molecule has 0 aromatic heterocycles. The molecule has 0 bridgehead atoms. The van der Waals surface area contributed by atoms with Crippen molar-refractivity contribution in [2.75, 3.05) is 13.0 Å². The minimum absolute atomic E-state index is 0.168. The van der Waals surface area contributed by atoms with E-state index in [2.05, 4.69) is 4.74 Å². The van der Waals surface area contributed by atoms with Crippen LogP contribution in [0.15, 0.2) is 0 Å². The third-order valence-electron chi connectivity index (χ3n) is 0.270. The Bertz CT molecular complexity index is 66.0. The van der Waals surface area contributed by atoms with Gasteiger partial charge in [-0.15, -0.1) is 11.6 Å². The Kier molecular flexibility index (Phi) is 1.95. The Morgan fingerprint density at radius 3 is 3.17 bits per heavy atom. The summed E-state index contributed by atoms with van der Waals surface area (Å²) in [5.74, 6) is -0.713. The van der Waals surface area contributed by atoms with E-state index in [-0.39, 0.29) is 13.0 Å². The SMILES string of the molecule is [2H]COC(=O)CCl. The highest BCUT2D eigenvalue weighted by atomic mass is 35.5. The fraction of sp³-hybridized carbons (Fsp3) is 0.667. The Labute approximate surface area is 42.5 Å². The highest BCUT2D eigenvalue weighted by molar-refractivity contribution is 6.26. The lowest BCUT2D eigenvalue weighted by molar-refractivity contribution is -0.137. The molecule has 0 saturated heterocycles. The van der Waals surface area contributed by atoms with Gasteiger partial charge in [-0.05, 0) is 0 Å². The number of rotatable bonds is 1. The van der Waals surface area contributed by atoms with Gasteiger partial charge in [-0.25, -0.2) is 0 Å². The largest absolute Gasteiger partial charge is 0.468 e. The van der Waals surface area contributed by atoms with Crippen molar-refractivity contribution < 1.29 is 10.9 Å². The molecule has 0 saturated carbocycles. The van der Waals surface area contributed by atoms with E-state index in [0.29, 0.717) is 0 Å². The molecule has 6 heavy (non-hydrogen) atoms. The van der Waals surface area contributed by atoms with Crippen LogP contribution in [0.4, 0.5) is 0 Å². The summed E-state index contributed by atoms with van der Waals surface area (Å²) in [4.78, 5) is 9.94. The zero-order valence-electron chi connectivity index (χ0n) is 4.11. The van der Waals surface area contributed by atoms with E-state index in [1.165, 1.54) is 0 Å². The molecule has 0 unspecified atom stereocenters. The van der Waals surface area contributed by atoms with Gasteiger partial charge in [-0.3, -0.25) is 4.79 Å². The number of methoxy groups -OCH3 is 1. The number of hydrogen-bond donors (Lipinski definition) is 0. The van der Waals surface area contributed by atoms with Gasteiger partial charge in [0, 0.05) is 0 Å². The smallest absolute Gasteiger partial charge is 0.320 e. The summed E-state index contributed by atoms with van der Waals surface area (Å²) in [5.41, 5.74) is 0. The molecule has 0 aromatic rings. The second-order valence-corrected chi connectivity index (χ2v) is 0.917. The van der Waals surface area contributed by atoms with E-state index in [4.69, 9.17) is 13.0 Å². The maximum Gasteiger partial charge on any atom is 0.320 e. The van der Waals surface area contributed by atoms with Crippen LogP contribution in [-0.4, -0.2) is 18.9 Å². The molecule has 0 spiro atoms. The highest BCUT2D eigenvalue weighted by Gasteiger charge is 1.89. The normalized spacial score (nSPS) is 9.83. The van der Waals surface area contributed by atoms with Crippen molar-refractivity contribution in [1.29, 1.82) is 0 Å². The van der Waals surface area contributed by atoms with Crippen LogP contribution in [0.2, 0.25) is 0 Å². The number of ether oxygens (including phenoxy) is 1. The van der Waals surface area contributed by atoms with Gasteiger partial charge in [0.2, 0.25) is 0 Å². The molecule has 0 amide bonds. The Morgan fingerprint density at radius 2 is 3.00 bits per heavy atom. The van der Waals surface area contributed by atoms with Crippen molar-refractivity contribution in [3.05, 3.63) is 0 Å². The molecular formula is C3H5ClO2. The summed E-state index contributed by atoms with van der Waals surface area (Å²) in [5, 5.41) is 0. The van der Waals surface area contributed by atoms with E-state index >= 15 is 0 Å².